The SMILES string of the molecule is Cc1cc(F)cc2c1OC(C)(C)CC2=O. The molecule has 0 amide bonds. The molecule has 1 aromatic carbocycles. The topological polar surface area (TPSA) is 26.3 Å². The molecule has 3 heteroatoms. The van der Waals surface area contributed by atoms with E-state index in [4.69, 9.17) is 4.74 Å². The molecule has 1 aliphatic rings. The predicted octanol–water partition coefficient (Wildman–Crippen LogP) is 2.88. The summed E-state index contributed by atoms with van der Waals surface area (Å²) in [6.45, 7) is 5.46. The first-order valence-corrected chi connectivity index (χ1v) is 4.91. The maximum Gasteiger partial charge on any atom is 0.170 e. The van der Waals surface area contributed by atoms with Crippen LogP contribution in [0.5, 0.6) is 5.75 Å². The van der Waals surface area contributed by atoms with Gasteiger partial charge in [0, 0.05) is 0 Å². The molecule has 15 heavy (non-hydrogen) atoms. The summed E-state index contributed by atoms with van der Waals surface area (Å²) < 4.78 is 18.8. The number of benzene rings is 1. The van der Waals surface area contributed by atoms with Gasteiger partial charge in [0.1, 0.15) is 17.2 Å². The number of ketones is 1. The minimum atomic E-state index is -0.493. The zero-order chi connectivity index (χ0) is 11.2. The van der Waals surface area contributed by atoms with Crippen LogP contribution in [-0.2, 0) is 0 Å². The fourth-order valence-electron chi connectivity index (χ4n) is 1.87. The minimum absolute atomic E-state index is 0.0520. The second-order valence-corrected chi connectivity index (χ2v) is 4.56. The standard InChI is InChI=1S/C12H13FO2/c1-7-4-8(13)5-9-10(14)6-12(2,3)15-11(7)9/h4-5H,6H2,1-3H3. The van der Waals surface area contributed by atoms with E-state index in [0.29, 0.717) is 23.3 Å². The van der Waals surface area contributed by atoms with Crippen LogP contribution in [0.15, 0.2) is 12.1 Å². The molecule has 0 saturated carbocycles. The second-order valence-electron chi connectivity index (χ2n) is 4.56. The number of Topliss-reactive ketones (excluding diaryl/α,β-unsaturated/α-hetero) is 1. The number of carbonyl (C=O) groups excluding carboxylic acids is 1. The van der Waals surface area contributed by atoms with Gasteiger partial charge >= 0.3 is 0 Å². The molecule has 0 fully saturated rings. The Kier molecular flexibility index (Phi) is 2.07. The normalized spacial score (nSPS) is 18.3. The van der Waals surface area contributed by atoms with Crippen molar-refractivity contribution in [3.63, 3.8) is 0 Å². The lowest BCUT2D eigenvalue weighted by atomic mass is 9.92. The van der Waals surface area contributed by atoms with E-state index in [1.807, 2.05) is 13.8 Å². The summed E-state index contributed by atoms with van der Waals surface area (Å²) in [5.41, 5.74) is 0.546. The van der Waals surface area contributed by atoms with Gasteiger partial charge in [0.25, 0.3) is 0 Å². The third kappa shape index (κ3) is 1.74. The van der Waals surface area contributed by atoms with E-state index in [-0.39, 0.29) is 11.6 Å². The highest BCUT2D eigenvalue weighted by atomic mass is 19.1. The molecule has 0 spiro atoms. The molecule has 0 aliphatic carbocycles. The van der Waals surface area contributed by atoms with Crippen molar-refractivity contribution in [2.24, 2.45) is 0 Å². The molecule has 0 radical (unpaired) electrons. The van der Waals surface area contributed by atoms with Crippen LogP contribution in [0.25, 0.3) is 0 Å². The molecule has 1 aliphatic heterocycles. The number of halogens is 1. The third-order valence-electron chi connectivity index (χ3n) is 2.50. The summed E-state index contributed by atoms with van der Waals surface area (Å²) in [5.74, 6) is 0.0874. The maximum atomic E-state index is 13.1. The Bertz CT molecular complexity index is 435. The largest absolute Gasteiger partial charge is 0.486 e. The monoisotopic (exact) mass is 208 g/mol. The lowest BCUT2D eigenvalue weighted by molar-refractivity contribution is 0.0614. The summed E-state index contributed by atoms with van der Waals surface area (Å²) in [7, 11) is 0. The average molecular weight is 208 g/mol. The molecule has 0 atom stereocenters. The first kappa shape index (κ1) is 10.1. The van der Waals surface area contributed by atoms with Crippen molar-refractivity contribution in [1.29, 1.82) is 0 Å². The van der Waals surface area contributed by atoms with Gasteiger partial charge in [0.05, 0.1) is 12.0 Å². The van der Waals surface area contributed by atoms with Gasteiger partial charge in [-0.15, -0.1) is 0 Å². The molecule has 2 nitrogen and oxygen atoms in total. The minimum Gasteiger partial charge on any atom is -0.486 e. The van der Waals surface area contributed by atoms with Gasteiger partial charge in [0.15, 0.2) is 5.78 Å². The van der Waals surface area contributed by atoms with Crippen LogP contribution in [0.3, 0.4) is 0 Å². The van der Waals surface area contributed by atoms with Crippen LogP contribution >= 0.6 is 0 Å². The van der Waals surface area contributed by atoms with E-state index < -0.39 is 5.60 Å². The van der Waals surface area contributed by atoms with E-state index in [9.17, 15) is 9.18 Å². The maximum absolute atomic E-state index is 13.1. The summed E-state index contributed by atoms with van der Waals surface area (Å²) in [6.07, 6.45) is 0.295. The number of fused-ring (bicyclic) bond motifs is 1. The Labute approximate surface area is 88.1 Å². The molecular formula is C12H13FO2. The van der Waals surface area contributed by atoms with Crippen LogP contribution in [0, 0.1) is 12.7 Å². The summed E-state index contributed by atoms with van der Waals surface area (Å²) in [6, 6.07) is 2.63. The van der Waals surface area contributed by atoms with Crippen molar-refractivity contribution in [2.75, 3.05) is 0 Å². The highest BCUT2D eigenvalue weighted by Crippen LogP contribution is 2.35. The van der Waals surface area contributed by atoms with Gasteiger partial charge in [-0.05, 0) is 38.5 Å². The van der Waals surface area contributed by atoms with Gasteiger partial charge in [-0.1, -0.05) is 0 Å². The molecular weight excluding hydrogens is 195 g/mol. The van der Waals surface area contributed by atoms with Crippen molar-refractivity contribution in [2.45, 2.75) is 32.8 Å². The van der Waals surface area contributed by atoms with E-state index in [2.05, 4.69) is 0 Å². The molecule has 0 N–H and O–H groups in total. The number of carbonyl (C=O) groups is 1. The highest BCUT2D eigenvalue weighted by molar-refractivity contribution is 6.00. The zero-order valence-corrected chi connectivity index (χ0v) is 9.06. The lowest BCUT2D eigenvalue weighted by Gasteiger charge is -2.32. The van der Waals surface area contributed by atoms with Crippen LogP contribution in [0.2, 0.25) is 0 Å². The van der Waals surface area contributed by atoms with Crippen LogP contribution < -0.4 is 4.74 Å². The van der Waals surface area contributed by atoms with Crippen molar-refractivity contribution in [3.05, 3.63) is 29.1 Å². The fourth-order valence-corrected chi connectivity index (χ4v) is 1.87. The summed E-state index contributed by atoms with van der Waals surface area (Å²) in [5, 5.41) is 0. The number of aryl methyl sites for hydroxylation is 1. The van der Waals surface area contributed by atoms with Gasteiger partial charge in [-0.2, -0.15) is 0 Å². The van der Waals surface area contributed by atoms with E-state index >= 15 is 0 Å². The molecule has 0 aromatic heterocycles. The lowest BCUT2D eigenvalue weighted by Crippen LogP contribution is -2.36. The summed E-state index contributed by atoms with van der Waals surface area (Å²) in [4.78, 5) is 11.8. The quantitative estimate of drug-likeness (QED) is 0.655. The van der Waals surface area contributed by atoms with Gasteiger partial charge < -0.3 is 4.74 Å². The second kappa shape index (κ2) is 3.05. The number of ether oxygens (including phenoxy) is 1. The highest BCUT2D eigenvalue weighted by Gasteiger charge is 2.33. The molecule has 0 bridgehead atoms. The van der Waals surface area contributed by atoms with Gasteiger partial charge in [0.2, 0.25) is 0 Å². The molecule has 1 heterocycles. The first-order chi connectivity index (χ1) is 6.89. The van der Waals surface area contributed by atoms with E-state index in [1.165, 1.54) is 12.1 Å². The zero-order valence-electron chi connectivity index (χ0n) is 9.06. The molecule has 0 saturated heterocycles. The Morgan fingerprint density at radius 2 is 2.07 bits per heavy atom. The third-order valence-corrected chi connectivity index (χ3v) is 2.50. The Morgan fingerprint density at radius 1 is 1.40 bits per heavy atom. The van der Waals surface area contributed by atoms with Crippen LogP contribution in [0.4, 0.5) is 4.39 Å². The Balaban J connectivity index is 2.60. The molecule has 0 unspecified atom stereocenters. The molecule has 80 valence electrons. The Hall–Kier alpha value is -1.38. The predicted molar refractivity (Wildman–Crippen MR) is 54.8 cm³/mol. The van der Waals surface area contributed by atoms with E-state index in [0.717, 1.165) is 0 Å². The van der Waals surface area contributed by atoms with Crippen molar-refractivity contribution in [1.82, 2.24) is 0 Å². The van der Waals surface area contributed by atoms with Crippen molar-refractivity contribution in [3.8, 4) is 5.75 Å². The smallest absolute Gasteiger partial charge is 0.170 e. The molecule has 2 rings (SSSR count). The van der Waals surface area contributed by atoms with Crippen LogP contribution in [0.1, 0.15) is 36.2 Å². The van der Waals surface area contributed by atoms with E-state index in [1.54, 1.807) is 6.92 Å². The van der Waals surface area contributed by atoms with Crippen molar-refractivity contribution < 1.29 is 13.9 Å². The van der Waals surface area contributed by atoms with Crippen LogP contribution in [-0.4, -0.2) is 11.4 Å². The number of rotatable bonds is 0. The number of hydrogen-bond donors (Lipinski definition) is 0. The Morgan fingerprint density at radius 3 is 2.73 bits per heavy atom. The molecule has 1 aromatic rings. The van der Waals surface area contributed by atoms with Gasteiger partial charge in [-0.3, -0.25) is 4.79 Å². The fraction of sp³-hybridized carbons (Fsp3) is 0.417. The number of hydrogen-bond acceptors (Lipinski definition) is 2. The summed E-state index contributed by atoms with van der Waals surface area (Å²) >= 11 is 0. The van der Waals surface area contributed by atoms with Crippen molar-refractivity contribution >= 4 is 5.78 Å². The first-order valence-electron chi connectivity index (χ1n) is 4.91. The average Bonchev–Trinajstić information content (AvgIpc) is 2.06. The van der Waals surface area contributed by atoms with Gasteiger partial charge in [-0.25, -0.2) is 4.39 Å².